The minimum absolute atomic E-state index is 0.178. The highest BCUT2D eigenvalue weighted by Gasteiger charge is 2.23. The molecule has 0 atom stereocenters. The largest absolute Gasteiger partial charge is 0.493 e. The lowest BCUT2D eigenvalue weighted by Gasteiger charge is -2.35. The van der Waals surface area contributed by atoms with Crippen LogP contribution in [0.4, 0.5) is 0 Å². The zero-order valence-electron chi connectivity index (χ0n) is 25.1. The van der Waals surface area contributed by atoms with Crippen LogP contribution in [0.1, 0.15) is 39.8 Å². The van der Waals surface area contributed by atoms with E-state index in [-0.39, 0.29) is 19.3 Å². The van der Waals surface area contributed by atoms with Gasteiger partial charge in [0.2, 0.25) is 0 Å². The molecule has 1 fully saturated rings. The van der Waals surface area contributed by atoms with Crippen molar-refractivity contribution in [2.45, 2.75) is 46.1 Å². The molecule has 0 saturated carbocycles. The van der Waals surface area contributed by atoms with Crippen molar-refractivity contribution in [1.82, 2.24) is 9.88 Å². The number of likely N-dealkylation sites (tertiary alicyclic amines) is 1. The van der Waals surface area contributed by atoms with Crippen LogP contribution in [-0.2, 0) is 19.8 Å². The fraction of sp³-hybridized carbons (Fsp3) is 0.314. The fourth-order valence-electron chi connectivity index (χ4n) is 5.31. The van der Waals surface area contributed by atoms with Gasteiger partial charge in [0.25, 0.3) is 0 Å². The molecule has 0 amide bonds. The van der Waals surface area contributed by atoms with Gasteiger partial charge in [0.1, 0.15) is 36.5 Å². The van der Waals surface area contributed by atoms with Crippen molar-refractivity contribution in [1.29, 1.82) is 5.26 Å². The molecule has 2 heterocycles. The molecule has 8 nitrogen and oxygen atoms in total. The first-order valence-corrected chi connectivity index (χ1v) is 15.1. The van der Waals surface area contributed by atoms with Gasteiger partial charge < -0.3 is 25.1 Å². The van der Waals surface area contributed by atoms with E-state index in [9.17, 15) is 5.11 Å². The highest BCUT2D eigenvalue weighted by molar-refractivity contribution is 6.32. The molecule has 0 radical (unpaired) electrons. The number of ether oxygens (including phenoxy) is 3. The molecule has 3 N–H and O–H groups in total. The van der Waals surface area contributed by atoms with Crippen molar-refractivity contribution in [3.8, 4) is 34.4 Å². The second-order valence-electron chi connectivity index (χ2n) is 11.0. The normalized spacial score (nSPS) is 13.3. The lowest BCUT2D eigenvalue weighted by Crippen LogP contribution is -2.50. The quantitative estimate of drug-likeness (QED) is 0.178. The fourth-order valence-corrected chi connectivity index (χ4v) is 5.56. The Bertz CT molecular complexity index is 1650. The Kier molecular flexibility index (Phi) is 10.4. The summed E-state index contributed by atoms with van der Waals surface area (Å²) in [6.45, 7) is 8.04. The zero-order valence-corrected chi connectivity index (χ0v) is 25.8. The number of pyridine rings is 1. The maximum atomic E-state index is 9.47. The first-order chi connectivity index (χ1) is 21.4. The van der Waals surface area contributed by atoms with Gasteiger partial charge in [0.05, 0.1) is 23.3 Å². The van der Waals surface area contributed by atoms with Gasteiger partial charge in [-0.25, -0.2) is 0 Å². The van der Waals surface area contributed by atoms with E-state index in [4.69, 9.17) is 36.8 Å². The Morgan fingerprint density at radius 1 is 0.932 bits per heavy atom. The maximum absolute atomic E-state index is 9.47. The molecule has 228 valence electrons. The van der Waals surface area contributed by atoms with Crippen molar-refractivity contribution in [2.75, 3.05) is 26.2 Å². The first-order valence-electron chi connectivity index (χ1n) is 14.7. The molecule has 9 heteroatoms. The molecule has 5 rings (SSSR count). The van der Waals surface area contributed by atoms with Gasteiger partial charge >= 0.3 is 0 Å². The third-order valence-corrected chi connectivity index (χ3v) is 8.17. The topological polar surface area (TPSA) is 114 Å². The summed E-state index contributed by atoms with van der Waals surface area (Å²) >= 11 is 6.59. The number of rotatable bonds is 13. The number of benzene rings is 3. The van der Waals surface area contributed by atoms with Crippen LogP contribution in [0.25, 0.3) is 11.1 Å². The molecule has 1 aliphatic rings. The number of halogens is 1. The van der Waals surface area contributed by atoms with E-state index in [1.165, 1.54) is 6.20 Å². The zero-order chi connectivity index (χ0) is 31.1. The molecule has 1 saturated heterocycles. The molecule has 0 bridgehead atoms. The number of hydrogen-bond acceptors (Lipinski definition) is 8. The van der Waals surface area contributed by atoms with Gasteiger partial charge in [-0.3, -0.25) is 9.88 Å². The SMILES string of the molecule is Cc1c(COc2cc(OCc3cncc(C#N)c3)c(CN)cc2Cl)cccc1-c1cccc(OCCCN2CC(O)C2)c1C. The lowest BCUT2D eigenvalue weighted by atomic mass is 9.93. The van der Waals surface area contributed by atoms with E-state index < -0.39 is 0 Å². The van der Waals surface area contributed by atoms with Gasteiger partial charge in [-0.05, 0) is 66.3 Å². The predicted molar refractivity (Wildman–Crippen MR) is 171 cm³/mol. The number of β-amino-alcohol motifs (C(OH)–C–C–N with tert-alkyl or cyclic N) is 1. The Hall–Kier alpha value is -4.13. The van der Waals surface area contributed by atoms with E-state index >= 15 is 0 Å². The monoisotopic (exact) mass is 612 g/mol. The van der Waals surface area contributed by atoms with Crippen LogP contribution in [0.15, 0.2) is 67.0 Å². The van der Waals surface area contributed by atoms with Crippen LogP contribution < -0.4 is 19.9 Å². The number of nitrogens with two attached hydrogens (primary N) is 1. The van der Waals surface area contributed by atoms with Gasteiger partial charge in [-0.2, -0.15) is 5.26 Å². The summed E-state index contributed by atoms with van der Waals surface area (Å²) in [5.74, 6) is 1.93. The summed E-state index contributed by atoms with van der Waals surface area (Å²) < 4.78 is 18.4. The van der Waals surface area contributed by atoms with Crippen molar-refractivity contribution >= 4 is 11.6 Å². The van der Waals surface area contributed by atoms with Crippen LogP contribution in [-0.4, -0.2) is 47.3 Å². The van der Waals surface area contributed by atoms with Crippen LogP contribution >= 0.6 is 11.6 Å². The Morgan fingerprint density at radius 3 is 2.43 bits per heavy atom. The lowest BCUT2D eigenvalue weighted by molar-refractivity contribution is 0.0000400. The van der Waals surface area contributed by atoms with Crippen molar-refractivity contribution in [3.63, 3.8) is 0 Å². The van der Waals surface area contributed by atoms with E-state index in [2.05, 4.69) is 48.0 Å². The summed E-state index contributed by atoms with van der Waals surface area (Å²) in [5.41, 5.74) is 13.4. The number of aliphatic hydroxyl groups is 1. The third-order valence-electron chi connectivity index (χ3n) is 7.87. The summed E-state index contributed by atoms with van der Waals surface area (Å²) in [7, 11) is 0. The smallest absolute Gasteiger partial charge is 0.142 e. The summed E-state index contributed by atoms with van der Waals surface area (Å²) in [6, 6.07) is 19.7. The molecule has 0 unspecified atom stereocenters. The van der Waals surface area contributed by atoms with Crippen LogP contribution in [0.3, 0.4) is 0 Å². The van der Waals surface area contributed by atoms with Gasteiger partial charge in [-0.15, -0.1) is 0 Å². The summed E-state index contributed by atoms with van der Waals surface area (Å²) in [5, 5.41) is 19.1. The molecule has 4 aromatic rings. The number of nitrogens with zero attached hydrogens (tertiary/aromatic N) is 3. The molecule has 0 spiro atoms. The van der Waals surface area contributed by atoms with Crippen molar-refractivity contribution in [2.24, 2.45) is 5.73 Å². The van der Waals surface area contributed by atoms with Crippen molar-refractivity contribution < 1.29 is 19.3 Å². The molecular weight excluding hydrogens is 576 g/mol. The number of nitriles is 1. The Balaban J connectivity index is 1.27. The minimum Gasteiger partial charge on any atom is -0.493 e. The number of aliphatic hydroxyl groups excluding tert-OH is 1. The summed E-state index contributed by atoms with van der Waals surface area (Å²) in [6.07, 6.45) is 3.91. The second kappa shape index (κ2) is 14.6. The van der Waals surface area contributed by atoms with Gasteiger partial charge in [0.15, 0.2) is 0 Å². The molecule has 1 aromatic heterocycles. The average molecular weight is 613 g/mol. The van der Waals surface area contributed by atoms with Crippen LogP contribution in [0.5, 0.6) is 17.2 Å². The molecule has 0 aliphatic carbocycles. The molecule has 3 aromatic carbocycles. The first kappa shape index (κ1) is 31.3. The highest BCUT2D eigenvalue weighted by Crippen LogP contribution is 2.36. The number of hydrogen-bond donors (Lipinski definition) is 2. The van der Waals surface area contributed by atoms with E-state index in [0.29, 0.717) is 35.3 Å². The minimum atomic E-state index is -0.178. The maximum Gasteiger partial charge on any atom is 0.142 e. The molecule has 1 aliphatic heterocycles. The molecule has 44 heavy (non-hydrogen) atoms. The van der Waals surface area contributed by atoms with Gasteiger partial charge in [-0.1, -0.05) is 41.9 Å². The van der Waals surface area contributed by atoms with E-state index in [0.717, 1.165) is 70.7 Å². The standard InChI is InChI=1S/C35H37ClN4O4/c1-23-27(6-3-7-30(23)31-8-4-9-33(24(31)2)42-11-5-10-40-19-29(41)20-40)22-44-35-14-34(28(16-38)13-32(35)36)43-21-26-12-25(15-37)17-39-18-26/h3-4,6-9,12-14,17-18,29,41H,5,10-11,16,19-22,38H2,1-2H3. The van der Waals surface area contributed by atoms with E-state index in [1.807, 2.05) is 18.2 Å². The molecular formula is C35H37ClN4O4. The van der Waals surface area contributed by atoms with Crippen LogP contribution in [0.2, 0.25) is 5.02 Å². The Morgan fingerprint density at radius 2 is 1.68 bits per heavy atom. The summed E-state index contributed by atoms with van der Waals surface area (Å²) in [4.78, 5) is 6.33. The van der Waals surface area contributed by atoms with Crippen LogP contribution in [0, 0.1) is 25.2 Å². The van der Waals surface area contributed by atoms with Gasteiger partial charge in [0, 0.05) is 55.8 Å². The Labute approximate surface area is 263 Å². The average Bonchev–Trinajstić information content (AvgIpc) is 3.02. The third kappa shape index (κ3) is 7.50. The van der Waals surface area contributed by atoms with E-state index in [1.54, 1.807) is 24.4 Å². The van der Waals surface area contributed by atoms with Crippen molar-refractivity contribution in [3.05, 3.63) is 105 Å². The predicted octanol–water partition coefficient (Wildman–Crippen LogP) is 5.95. The number of aromatic nitrogens is 1. The highest BCUT2D eigenvalue weighted by atomic mass is 35.5. The second-order valence-corrected chi connectivity index (χ2v) is 11.4.